The van der Waals surface area contributed by atoms with Crippen LogP contribution in [0.4, 0.5) is 8.78 Å². The van der Waals surface area contributed by atoms with E-state index in [0.717, 1.165) is 6.92 Å². The van der Waals surface area contributed by atoms with Gasteiger partial charge in [-0.1, -0.05) is 36.4 Å². The Morgan fingerprint density at radius 1 is 1.40 bits per heavy atom. The number of rotatable bonds is 5. The molecule has 0 rings (SSSR count). The van der Waals surface area contributed by atoms with Crippen LogP contribution in [0.15, 0.2) is 47.6 Å². The Bertz CT molecular complexity index is 306. The average Bonchev–Trinajstić information content (AvgIpc) is 2.09. The van der Waals surface area contributed by atoms with Crippen LogP contribution in [0, 0.1) is 0 Å². The second-order valence-corrected chi connectivity index (χ2v) is 3.78. The fourth-order valence-corrected chi connectivity index (χ4v) is 0.928. The highest BCUT2D eigenvalue weighted by Gasteiger charge is 2.25. The Kier molecular flexibility index (Phi) is 5.51. The number of halogens is 3. The topological polar surface area (TPSA) is 0 Å². The second-order valence-electron chi connectivity index (χ2n) is 3.33. The lowest BCUT2D eigenvalue weighted by molar-refractivity contribution is 0.0613. The Hall–Kier alpha value is -0.890. The van der Waals surface area contributed by atoms with Crippen molar-refractivity contribution in [2.24, 2.45) is 0 Å². The van der Waals surface area contributed by atoms with Crippen LogP contribution in [0.3, 0.4) is 0 Å². The van der Waals surface area contributed by atoms with Crippen molar-refractivity contribution in [1.82, 2.24) is 0 Å². The summed E-state index contributed by atoms with van der Waals surface area (Å²) < 4.78 is 26.0. The monoisotopic (exact) mass is 232 g/mol. The summed E-state index contributed by atoms with van der Waals surface area (Å²) >= 11 is 5.60. The number of hydrogen-bond donors (Lipinski definition) is 0. The van der Waals surface area contributed by atoms with Gasteiger partial charge in [-0.3, -0.25) is 0 Å². The van der Waals surface area contributed by atoms with E-state index in [2.05, 4.69) is 13.2 Å². The van der Waals surface area contributed by atoms with Crippen LogP contribution in [-0.4, -0.2) is 5.92 Å². The summed E-state index contributed by atoms with van der Waals surface area (Å²) in [5.41, 5.74) is 0.678. The second kappa shape index (κ2) is 5.86. The molecule has 0 nitrogen and oxygen atoms in total. The Labute approximate surface area is 94.6 Å². The van der Waals surface area contributed by atoms with E-state index in [4.69, 9.17) is 11.6 Å². The Balaban J connectivity index is 4.94. The van der Waals surface area contributed by atoms with Crippen molar-refractivity contribution in [3.05, 3.63) is 47.6 Å². The first-order valence-electron chi connectivity index (χ1n) is 4.50. The number of allylic oxidation sites excluding steroid dienone is 6. The summed E-state index contributed by atoms with van der Waals surface area (Å²) in [6.07, 6.45) is 4.50. The van der Waals surface area contributed by atoms with Crippen LogP contribution < -0.4 is 0 Å². The molecule has 0 amide bonds. The predicted molar refractivity (Wildman–Crippen MR) is 62.3 cm³/mol. The highest BCUT2D eigenvalue weighted by molar-refractivity contribution is 6.31. The molecule has 0 aromatic rings. The van der Waals surface area contributed by atoms with Crippen molar-refractivity contribution >= 4 is 11.6 Å². The zero-order valence-electron chi connectivity index (χ0n) is 8.99. The average molecular weight is 233 g/mol. The van der Waals surface area contributed by atoms with E-state index in [1.807, 2.05) is 0 Å². The first kappa shape index (κ1) is 14.1. The van der Waals surface area contributed by atoms with Gasteiger partial charge in [0.25, 0.3) is 5.92 Å². The molecule has 0 aliphatic rings. The first-order valence-corrected chi connectivity index (χ1v) is 4.88. The van der Waals surface area contributed by atoms with E-state index in [-0.39, 0.29) is 12.0 Å². The van der Waals surface area contributed by atoms with Gasteiger partial charge < -0.3 is 0 Å². The van der Waals surface area contributed by atoms with Gasteiger partial charge in [0, 0.05) is 17.5 Å². The van der Waals surface area contributed by atoms with E-state index in [0.29, 0.717) is 10.6 Å². The maximum atomic E-state index is 13.0. The van der Waals surface area contributed by atoms with Crippen molar-refractivity contribution in [2.45, 2.75) is 26.2 Å². The van der Waals surface area contributed by atoms with Crippen molar-refractivity contribution in [3.63, 3.8) is 0 Å². The van der Waals surface area contributed by atoms with E-state index in [1.165, 1.54) is 18.2 Å². The van der Waals surface area contributed by atoms with Gasteiger partial charge in [-0.15, -0.1) is 6.58 Å². The molecule has 0 fully saturated rings. The van der Waals surface area contributed by atoms with Crippen molar-refractivity contribution in [2.75, 3.05) is 0 Å². The minimum Gasteiger partial charge on any atom is -0.202 e. The molecule has 0 aliphatic heterocycles. The zero-order valence-corrected chi connectivity index (χ0v) is 9.74. The lowest BCUT2D eigenvalue weighted by Crippen LogP contribution is -2.13. The standard InChI is InChI=1S/C12H15ClF2/c1-5-6-11(12(4,14)15)8-7-9(2)10(3)13/h5,7-8H,1,3,6H2,2,4H3/b9-7-,11-8+. The molecule has 0 saturated carbocycles. The summed E-state index contributed by atoms with van der Waals surface area (Å²) in [5.74, 6) is -2.83. The molecule has 15 heavy (non-hydrogen) atoms. The molecular weight excluding hydrogens is 218 g/mol. The molecule has 0 aromatic carbocycles. The van der Waals surface area contributed by atoms with Gasteiger partial charge in [0.05, 0.1) is 0 Å². The van der Waals surface area contributed by atoms with Gasteiger partial charge in [-0.05, 0) is 18.9 Å². The van der Waals surface area contributed by atoms with Gasteiger partial charge in [0.15, 0.2) is 0 Å². The van der Waals surface area contributed by atoms with Crippen LogP contribution in [0.5, 0.6) is 0 Å². The summed E-state index contributed by atoms with van der Waals surface area (Å²) in [6.45, 7) is 9.51. The molecule has 0 aliphatic carbocycles. The molecule has 84 valence electrons. The fourth-order valence-electron chi connectivity index (χ4n) is 0.865. The normalized spacial score (nSPS) is 13.9. The summed E-state index contributed by atoms with van der Waals surface area (Å²) in [7, 11) is 0. The number of hydrogen-bond acceptors (Lipinski definition) is 0. The summed E-state index contributed by atoms with van der Waals surface area (Å²) in [5, 5.41) is 0.351. The highest BCUT2D eigenvalue weighted by Crippen LogP contribution is 2.26. The highest BCUT2D eigenvalue weighted by atomic mass is 35.5. The third-order valence-corrected chi connectivity index (χ3v) is 2.19. The van der Waals surface area contributed by atoms with E-state index < -0.39 is 5.92 Å². The van der Waals surface area contributed by atoms with E-state index in [9.17, 15) is 8.78 Å². The van der Waals surface area contributed by atoms with Crippen molar-refractivity contribution in [3.8, 4) is 0 Å². The Morgan fingerprint density at radius 2 is 1.93 bits per heavy atom. The lowest BCUT2D eigenvalue weighted by atomic mass is 10.1. The molecule has 3 heteroatoms. The molecule has 0 bridgehead atoms. The number of alkyl halides is 2. The quantitative estimate of drug-likeness (QED) is 0.470. The third-order valence-electron chi connectivity index (χ3n) is 1.89. The fraction of sp³-hybridized carbons (Fsp3) is 0.333. The molecular formula is C12H15ClF2. The van der Waals surface area contributed by atoms with Crippen molar-refractivity contribution < 1.29 is 8.78 Å². The van der Waals surface area contributed by atoms with Gasteiger partial charge >= 0.3 is 0 Å². The molecule has 0 spiro atoms. The van der Waals surface area contributed by atoms with Crippen molar-refractivity contribution in [1.29, 1.82) is 0 Å². The largest absolute Gasteiger partial charge is 0.267 e. The van der Waals surface area contributed by atoms with Gasteiger partial charge in [0.1, 0.15) is 0 Å². The lowest BCUT2D eigenvalue weighted by Gasteiger charge is -2.12. The Morgan fingerprint density at radius 3 is 2.27 bits per heavy atom. The molecule has 0 N–H and O–H groups in total. The zero-order chi connectivity index (χ0) is 12.1. The van der Waals surface area contributed by atoms with Crippen LogP contribution in [-0.2, 0) is 0 Å². The van der Waals surface area contributed by atoms with Crippen LogP contribution >= 0.6 is 11.6 Å². The maximum absolute atomic E-state index is 13.0. The van der Waals surface area contributed by atoms with E-state index in [1.54, 1.807) is 6.92 Å². The minimum atomic E-state index is -2.83. The SMILES string of the molecule is C=CC/C(=C\C=C(\C)C(=C)Cl)C(C)(F)F. The van der Waals surface area contributed by atoms with E-state index >= 15 is 0 Å². The predicted octanol–water partition coefficient (Wildman–Crippen LogP) is 4.84. The maximum Gasteiger partial charge on any atom is 0.267 e. The van der Waals surface area contributed by atoms with Crippen LogP contribution in [0.1, 0.15) is 20.3 Å². The molecule has 0 heterocycles. The minimum absolute atomic E-state index is 0.00904. The van der Waals surface area contributed by atoms with Crippen LogP contribution in [0.25, 0.3) is 0 Å². The smallest absolute Gasteiger partial charge is 0.202 e. The third kappa shape index (κ3) is 5.53. The molecule has 0 radical (unpaired) electrons. The molecule has 0 atom stereocenters. The van der Waals surface area contributed by atoms with Gasteiger partial charge in [0.2, 0.25) is 0 Å². The van der Waals surface area contributed by atoms with Crippen LogP contribution in [0.2, 0.25) is 0 Å². The van der Waals surface area contributed by atoms with Gasteiger partial charge in [-0.2, -0.15) is 0 Å². The summed E-state index contributed by atoms with van der Waals surface area (Å²) in [6, 6.07) is 0. The first-order chi connectivity index (χ1) is 6.79. The summed E-state index contributed by atoms with van der Waals surface area (Å²) in [4.78, 5) is 0. The van der Waals surface area contributed by atoms with Gasteiger partial charge in [-0.25, -0.2) is 8.78 Å². The molecule has 0 unspecified atom stereocenters. The molecule has 0 saturated heterocycles. The molecule has 0 aromatic heterocycles.